The van der Waals surface area contributed by atoms with Gasteiger partial charge in [0.2, 0.25) is 0 Å². The SMILES string of the molecule is CC(C(CN(C)C)C(C)(C)C)N(C)C. The van der Waals surface area contributed by atoms with E-state index >= 15 is 0 Å². The molecule has 2 atom stereocenters. The van der Waals surface area contributed by atoms with Crippen LogP contribution in [0.25, 0.3) is 0 Å². The van der Waals surface area contributed by atoms with E-state index in [2.05, 4.69) is 65.7 Å². The third-order valence-electron chi connectivity index (χ3n) is 3.07. The average Bonchev–Trinajstić information content (AvgIpc) is 1.96. The fraction of sp³-hybridized carbons (Fsp3) is 1.00. The molecular weight excluding hydrogens is 172 g/mol. The lowest BCUT2D eigenvalue weighted by Crippen LogP contribution is -2.44. The van der Waals surface area contributed by atoms with Gasteiger partial charge in [-0.15, -0.1) is 0 Å². The molecule has 86 valence electrons. The summed E-state index contributed by atoms with van der Waals surface area (Å²) in [7, 11) is 8.64. The van der Waals surface area contributed by atoms with Crippen molar-refractivity contribution in [3.8, 4) is 0 Å². The third kappa shape index (κ3) is 4.43. The smallest absolute Gasteiger partial charge is 0.0106 e. The number of hydrogen-bond donors (Lipinski definition) is 0. The van der Waals surface area contributed by atoms with Crippen molar-refractivity contribution < 1.29 is 0 Å². The summed E-state index contributed by atoms with van der Waals surface area (Å²) in [6, 6.07) is 0.623. The quantitative estimate of drug-likeness (QED) is 0.686. The molecule has 0 aromatic heterocycles. The molecule has 0 saturated heterocycles. The lowest BCUT2D eigenvalue weighted by Gasteiger charge is -2.40. The van der Waals surface area contributed by atoms with E-state index in [1.165, 1.54) is 0 Å². The summed E-state index contributed by atoms with van der Waals surface area (Å²) in [5.41, 5.74) is 0.369. The summed E-state index contributed by atoms with van der Waals surface area (Å²) < 4.78 is 0. The number of rotatable bonds is 4. The first-order chi connectivity index (χ1) is 6.16. The van der Waals surface area contributed by atoms with Crippen LogP contribution in [0.5, 0.6) is 0 Å². The van der Waals surface area contributed by atoms with Crippen LogP contribution in [-0.2, 0) is 0 Å². The summed E-state index contributed by atoms with van der Waals surface area (Å²) in [5, 5.41) is 0. The molecule has 0 spiro atoms. The van der Waals surface area contributed by atoms with E-state index < -0.39 is 0 Å². The van der Waals surface area contributed by atoms with E-state index in [9.17, 15) is 0 Å². The van der Waals surface area contributed by atoms with Crippen LogP contribution in [0, 0.1) is 11.3 Å². The zero-order valence-corrected chi connectivity index (χ0v) is 11.3. The summed E-state index contributed by atoms with van der Waals surface area (Å²) in [4.78, 5) is 4.61. The first kappa shape index (κ1) is 13.9. The summed E-state index contributed by atoms with van der Waals surface area (Å²) in [6.07, 6.45) is 0. The molecule has 0 bridgehead atoms. The van der Waals surface area contributed by atoms with Crippen molar-refractivity contribution in [2.24, 2.45) is 11.3 Å². The van der Waals surface area contributed by atoms with Crippen molar-refractivity contribution in [2.45, 2.75) is 33.7 Å². The van der Waals surface area contributed by atoms with Gasteiger partial charge in [0.05, 0.1) is 0 Å². The zero-order chi connectivity index (χ0) is 11.5. The molecule has 0 aromatic carbocycles. The largest absolute Gasteiger partial charge is 0.309 e. The molecule has 0 aliphatic carbocycles. The summed E-state index contributed by atoms with van der Waals surface area (Å²) >= 11 is 0. The Morgan fingerprint density at radius 3 is 1.64 bits per heavy atom. The lowest BCUT2D eigenvalue weighted by atomic mass is 9.76. The van der Waals surface area contributed by atoms with Gasteiger partial charge >= 0.3 is 0 Å². The van der Waals surface area contributed by atoms with Gasteiger partial charge in [-0.1, -0.05) is 20.8 Å². The minimum atomic E-state index is 0.369. The van der Waals surface area contributed by atoms with Crippen molar-refractivity contribution in [2.75, 3.05) is 34.7 Å². The maximum Gasteiger partial charge on any atom is 0.0106 e. The molecule has 0 saturated carbocycles. The van der Waals surface area contributed by atoms with Gasteiger partial charge in [-0.25, -0.2) is 0 Å². The van der Waals surface area contributed by atoms with E-state index in [1.807, 2.05) is 0 Å². The summed E-state index contributed by atoms with van der Waals surface area (Å²) in [6.45, 7) is 10.5. The maximum atomic E-state index is 2.33. The van der Waals surface area contributed by atoms with Crippen LogP contribution in [0.15, 0.2) is 0 Å². The number of nitrogens with zero attached hydrogens (tertiary/aromatic N) is 2. The highest BCUT2D eigenvalue weighted by atomic mass is 15.1. The second-order valence-corrected chi connectivity index (χ2v) is 5.94. The molecule has 14 heavy (non-hydrogen) atoms. The topological polar surface area (TPSA) is 6.48 Å². The van der Waals surface area contributed by atoms with Crippen LogP contribution in [0.4, 0.5) is 0 Å². The molecule has 0 heterocycles. The van der Waals surface area contributed by atoms with E-state index in [0.29, 0.717) is 17.4 Å². The Labute approximate surface area is 90.3 Å². The molecule has 0 aliphatic heterocycles. The van der Waals surface area contributed by atoms with Crippen LogP contribution in [0.1, 0.15) is 27.7 Å². The van der Waals surface area contributed by atoms with Crippen LogP contribution in [0.2, 0.25) is 0 Å². The van der Waals surface area contributed by atoms with E-state index in [0.717, 1.165) is 6.54 Å². The van der Waals surface area contributed by atoms with E-state index in [-0.39, 0.29) is 0 Å². The Morgan fingerprint density at radius 1 is 1.00 bits per heavy atom. The van der Waals surface area contributed by atoms with Gasteiger partial charge in [-0.3, -0.25) is 0 Å². The van der Waals surface area contributed by atoms with Crippen molar-refractivity contribution in [1.29, 1.82) is 0 Å². The molecule has 2 nitrogen and oxygen atoms in total. The standard InChI is InChI=1S/C12H28N2/c1-10(14(7)8)11(9-13(5)6)12(2,3)4/h10-11H,9H2,1-8H3. The van der Waals surface area contributed by atoms with Crippen molar-refractivity contribution in [3.63, 3.8) is 0 Å². The van der Waals surface area contributed by atoms with Gasteiger partial charge in [0.25, 0.3) is 0 Å². The van der Waals surface area contributed by atoms with Crippen molar-refractivity contribution >= 4 is 0 Å². The first-order valence-electron chi connectivity index (χ1n) is 5.47. The molecule has 0 aromatic rings. The molecule has 2 heteroatoms. The van der Waals surface area contributed by atoms with Gasteiger partial charge in [0, 0.05) is 12.6 Å². The Morgan fingerprint density at radius 2 is 1.43 bits per heavy atom. The number of hydrogen-bond acceptors (Lipinski definition) is 2. The van der Waals surface area contributed by atoms with Gasteiger partial charge < -0.3 is 9.80 Å². The molecule has 2 unspecified atom stereocenters. The van der Waals surface area contributed by atoms with Crippen LogP contribution in [-0.4, -0.2) is 50.6 Å². The third-order valence-corrected chi connectivity index (χ3v) is 3.07. The van der Waals surface area contributed by atoms with Crippen molar-refractivity contribution in [3.05, 3.63) is 0 Å². The minimum absolute atomic E-state index is 0.369. The van der Waals surface area contributed by atoms with Crippen LogP contribution in [0.3, 0.4) is 0 Å². The van der Waals surface area contributed by atoms with Crippen molar-refractivity contribution in [1.82, 2.24) is 9.80 Å². The highest BCUT2D eigenvalue weighted by Crippen LogP contribution is 2.30. The van der Waals surface area contributed by atoms with Gasteiger partial charge in [-0.05, 0) is 46.4 Å². The Bertz CT molecular complexity index is 156. The van der Waals surface area contributed by atoms with E-state index in [1.54, 1.807) is 0 Å². The van der Waals surface area contributed by atoms with Crippen LogP contribution < -0.4 is 0 Å². The van der Waals surface area contributed by atoms with Crippen LogP contribution >= 0.6 is 0 Å². The fourth-order valence-corrected chi connectivity index (χ4v) is 1.90. The Balaban J connectivity index is 4.56. The molecule has 0 N–H and O–H groups in total. The molecule has 0 aliphatic rings. The molecule has 0 radical (unpaired) electrons. The highest BCUT2D eigenvalue weighted by Gasteiger charge is 2.30. The maximum absolute atomic E-state index is 2.33. The van der Waals surface area contributed by atoms with Gasteiger partial charge in [-0.2, -0.15) is 0 Å². The monoisotopic (exact) mass is 200 g/mol. The Hall–Kier alpha value is -0.0800. The predicted octanol–water partition coefficient (Wildman–Crippen LogP) is 2.16. The molecular formula is C12H28N2. The normalized spacial score (nSPS) is 17.6. The second-order valence-electron chi connectivity index (χ2n) is 5.94. The minimum Gasteiger partial charge on any atom is -0.309 e. The highest BCUT2D eigenvalue weighted by molar-refractivity contribution is 4.83. The molecule has 0 rings (SSSR count). The zero-order valence-electron chi connectivity index (χ0n) is 11.3. The predicted molar refractivity (Wildman–Crippen MR) is 64.6 cm³/mol. The Kier molecular flexibility index (Phi) is 5.10. The summed E-state index contributed by atoms with van der Waals surface area (Å²) in [5.74, 6) is 0.701. The fourth-order valence-electron chi connectivity index (χ4n) is 1.90. The van der Waals surface area contributed by atoms with Gasteiger partial charge in [0.1, 0.15) is 0 Å². The van der Waals surface area contributed by atoms with E-state index in [4.69, 9.17) is 0 Å². The van der Waals surface area contributed by atoms with Gasteiger partial charge in [0.15, 0.2) is 0 Å². The molecule has 0 fully saturated rings. The first-order valence-corrected chi connectivity index (χ1v) is 5.47. The average molecular weight is 200 g/mol. The molecule has 0 amide bonds. The lowest BCUT2D eigenvalue weighted by molar-refractivity contribution is 0.0945. The second kappa shape index (κ2) is 5.13.